The van der Waals surface area contributed by atoms with E-state index >= 15 is 0 Å². The summed E-state index contributed by atoms with van der Waals surface area (Å²) >= 11 is 1.63. The molecule has 0 fully saturated rings. The summed E-state index contributed by atoms with van der Waals surface area (Å²) < 4.78 is 16.4. The van der Waals surface area contributed by atoms with Gasteiger partial charge in [0.1, 0.15) is 13.2 Å². The molecule has 26 heavy (non-hydrogen) atoms. The Morgan fingerprint density at radius 1 is 1.23 bits per heavy atom. The number of amides is 1. The summed E-state index contributed by atoms with van der Waals surface area (Å²) in [6, 6.07) is 7.79. The minimum Gasteiger partial charge on any atom is -0.486 e. The van der Waals surface area contributed by atoms with E-state index in [2.05, 4.69) is 19.0 Å². The molecule has 7 heteroatoms. The van der Waals surface area contributed by atoms with Crippen LogP contribution in [0.4, 0.5) is 0 Å². The normalized spacial score (nSPS) is 13.1. The zero-order valence-corrected chi connectivity index (χ0v) is 16.2. The smallest absolute Gasteiger partial charge is 0.223 e. The molecule has 0 atom stereocenters. The number of carbonyl (C=O) groups excluding carboxylic acids is 1. The number of aromatic nitrogens is 1. The molecule has 0 aliphatic carbocycles. The fraction of sp³-hybridized carbons (Fsp3) is 0.474. The Bertz CT molecular complexity index is 760. The van der Waals surface area contributed by atoms with Gasteiger partial charge in [0.15, 0.2) is 17.3 Å². The van der Waals surface area contributed by atoms with E-state index in [0.29, 0.717) is 43.6 Å². The van der Waals surface area contributed by atoms with Gasteiger partial charge in [-0.25, -0.2) is 0 Å². The maximum Gasteiger partial charge on any atom is 0.223 e. The topological polar surface area (TPSA) is 64.8 Å². The van der Waals surface area contributed by atoms with Crippen LogP contribution >= 0.6 is 11.8 Å². The third kappa shape index (κ3) is 4.72. The summed E-state index contributed by atoms with van der Waals surface area (Å²) in [5, 5.41) is 4.03. The molecule has 1 aromatic carbocycles. The van der Waals surface area contributed by atoms with Crippen molar-refractivity contribution in [1.29, 1.82) is 0 Å². The Morgan fingerprint density at radius 2 is 2.00 bits per heavy atom. The molecule has 2 heterocycles. The maximum absolute atomic E-state index is 12.3. The SMILES string of the molecule is CC(C)c1cc(CN(C)C(=O)CCSc2ccc3c(c2)OCCO3)on1. The van der Waals surface area contributed by atoms with Crippen molar-refractivity contribution >= 4 is 17.7 Å². The standard InChI is InChI=1S/C19H24N2O4S/c1-13(2)16-10-14(25-20-16)12-21(3)19(22)6-9-26-15-4-5-17-18(11-15)24-8-7-23-17/h4-5,10-11,13H,6-9,12H2,1-3H3. The second-order valence-corrected chi connectivity index (χ2v) is 7.69. The number of nitrogens with zero attached hydrogens (tertiary/aromatic N) is 2. The van der Waals surface area contributed by atoms with Crippen molar-refractivity contribution in [3.8, 4) is 11.5 Å². The zero-order chi connectivity index (χ0) is 18.5. The maximum atomic E-state index is 12.3. The van der Waals surface area contributed by atoms with Crippen LogP contribution in [0, 0.1) is 0 Å². The fourth-order valence-electron chi connectivity index (χ4n) is 2.56. The summed E-state index contributed by atoms with van der Waals surface area (Å²) in [6.45, 7) is 5.72. The Kier molecular flexibility index (Phi) is 6.08. The second-order valence-electron chi connectivity index (χ2n) is 6.53. The summed E-state index contributed by atoms with van der Waals surface area (Å²) in [5.41, 5.74) is 0.912. The molecule has 0 saturated carbocycles. The minimum atomic E-state index is 0.0811. The van der Waals surface area contributed by atoms with Crippen molar-refractivity contribution in [2.45, 2.75) is 37.6 Å². The lowest BCUT2D eigenvalue weighted by atomic mass is 10.1. The van der Waals surface area contributed by atoms with E-state index in [1.807, 2.05) is 24.3 Å². The van der Waals surface area contributed by atoms with Crippen molar-refractivity contribution in [2.24, 2.45) is 0 Å². The van der Waals surface area contributed by atoms with Crippen LogP contribution < -0.4 is 9.47 Å². The zero-order valence-electron chi connectivity index (χ0n) is 15.4. The Balaban J connectivity index is 1.45. The van der Waals surface area contributed by atoms with Crippen LogP contribution in [0.5, 0.6) is 11.5 Å². The molecule has 0 saturated heterocycles. The third-order valence-electron chi connectivity index (χ3n) is 4.09. The number of rotatable bonds is 7. The summed E-state index contributed by atoms with van der Waals surface area (Å²) in [5.74, 6) is 3.37. The third-order valence-corrected chi connectivity index (χ3v) is 5.08. The summed E-state index contributed by atoms with van der Waals surface area (Å²) in [6.07, 6.45) is 0.459. The first-order chi connectivity index (χ1) is 12.5. The Morgan fingerprint density at radius 3 is 2.73 bits per heavy atom. The number of benzene rings is 1. The molecular formula is C19H24N2O4S. The van der Waals surface area contributed by atoms with Gasteiger partial charge in [-0.15, -0.1) is 11.8 Å². The average Bonchev–Trinajstić information content (AvgIpc) is 3.10. The highest BCUT2D eigenvalue weighted by Crippen LogP contribution is 2.34. The first-order valence-corrected chi connectivity index (χ1v) is 9.73. The lowest BCUT2D eigenvalue weighted by Gasteiger charge is -2.19. The number of thioether (sulfide) groups is 1. The number of hydrogen-bond acceptors (Lipinski definition) is 6. The average molecular weight is 376 g/mol. The van der Waals surface area contributed by atoms with Crippen LogP contribution in [0.25, 0.3) is 0 Å². The largest absolute Gasteiger partial charge is 0.486 e. The molecule has 0 radical (unpaired) electrons. The summed E-state index contributed by atoms with van der Waals surface area (Å²) in [4.78, 5) is 15.1. The molecule has 3 rings (SSSR count). The lowest BCUT2D eigenvalue weighted by Crippen LogP contribution is -2.26. The number of hydrogen-bond donors (Lipinski definition) is 0. The Hall–Kier alpha value is -2.15. The van der Waals surface area contributed by atoms with Gasteiger partial charge in [-0.2, -0.15) is 0 Å². The van der Waals surface area contributed by atoms with E-state index in [9.17, 15) is 4.79 Å². The molecule has 0 spiro atoms. The predicted molar refractivity (Wildman–Crippen MR) is 99.8 cm³/mol. The van der Waals surface area contributed by atoms with Gasteiger partial charge < -0.3 is 18.9 Å². The monoisotopic (exact) mass is 376 g/mol. The van der Waals surface area contributed by atoms with Gasteiger partial charge in [-0.1, -0.05) is 19.0 Å². The fourth-order valence-corrected chi connectivity index (χ4v) is 3.43. The minimum absolute atomic E-state index is 0.0811. The molecule has 0 unspecified atom stereocenters. The molecule has 1 aliphatic rings. The van der Waals surface area contributed by atoms with Gasteiger partial charge in [0.25, 0.3) is 0 Å². The highest BCUT2D eigenvalue weighted by atomic mass is 32.2. The van der Waals surface area contributed by atoms with Crippen molar-refractivity contribution in [1.82, 2.24) is 10.1 Å². The molecule has 1 aromatic heterocycles. The van der Waals surface area contributed by atoms with Crippen LogP contribution in [0.2, 0.25) is 0 Å². The molecule has 6 nitrogen and oxygen atoms in total. The molecule has 1 aliphatic heterocycles. The van der Waals surface area contributed by atoms with Gasteiger partial charge in [0.2, 0.25) is 5.91 Å². The lowest BCUT2D eigenvalue weighted by molar-refractivity contribution is -0.130. The van der Waals surface area contributed by atoms with Gasteiger partial charge in [0, 0.05) is 30.2 Å². The van der Waals surface area contributed by atoms with Crippen LogP contribution in [0.3, 0.4) is 0 Å². The predicted octanol–water partition coefficient (Wildman–Crippen LogP) is 3.71. The highest BCUT2D eigenvalue weighted by Gasteiger charge is 2.15. The van der Waals surface area contributed by atoms with Crippen molar-refractivity contribution in [3.05, 3.63) is 35.7 Å². The van der Waals surface area contributed by atoms with Gasteiger partial charge in [0.05, 0.1) is 12.2 Å². The van der Waals surface area contributed by atoms with Gasteiger partial charge >= 0.3 is 0 Å². The number of ether oxygens (including phenoxy) is 2. The quantitative estimate of drug-likeness (QED) is 0.687. The van der Waals surface area contributed by atoms with Crippen LogP contribution in [0.15, 0.2) is 33.7 Å². The van der Waals surface area contributed by atoms with E-state index in [1.54, 1.807) is 23.7 Å². The highest BCUT2D eigenvalue weighted by molar-refractivity contribution is 7.99. The number of fused-ring (bicyclic) bond motifs is 1. The van der Waals surface area contributed by atoms with Crippen LogP contribution in [-0.2, 0) is 11.3 Å². The van der Waals surface area contributed by atoms with E-state index in [1.165, 1.54) is 0 Å². The van der Waals surface area contributed by atoms with Crippen molar-refractivity contribution < 1.29 is 18.8 Å². The molecule has 0 bridgehead atoms. The molecule has 140 valence electrons. The van der Waals surface area contributed by atoms with Crippen molar-refractivity contribution in [3.63, 3.8) is 0 Å². The first kappa shape index (κ1) is 18.6. The van der Waals surface area contributed by atoms with E-state index < -0.39 is 0 Å². The van der Waals surface area contributed by atoms with E-state index in [4.69, 9.17) is 14.0 Å². The second kappa shape index (κ2) is 8.49. The van der Waals surface area contributed by atoms with E-state index in [-0.39, 0.29) is 5.91 Å². The molecule has 2 aromatic rings. The van der Waals surface area contributed by atoms with Gasteiger partial charge in [-0.05, 0) is 24.1 Å². The molecule has 1 amide bonds. The Labute approximate surface area is 157 Å². The number of carbonyl (C=O) groups is 1. The van der Waals surface area contributed by atoms with Crippen LogP contribution in [-0.4, -0.2) is 42.0 Å². The van der Waals surface area contributed by atoms with E-state index in [0.717, 1.165) is 22.1 Å². The molecular weight excluding hydrogens is 352 g/mol. The first-order valence-electron chi connectivity index (χ1n) is 8.75. The van der Waals surface area contributed by atoms with Gasteiger partial charge in [-0.3, -0.25) is 4.79 Å². The van der Waals surface area contributed by atoms with Crippen LogP contribution in [0.1, 0.15) is 37.6 Å². The summed E-state index contributed by atoms with van der Waals surface area (Å²) in [7, 11) is 1.79. The molecule has 0 N–H and O–H groups in total. The van der Waals surface area contributed by atoms with Crippen molar-refractivity contribution in [2.75, 3.05) is 26.0 Å².